The first kappa shape index (κ1) is 13.7. The average molecular weight is 262 g/mol. The Morgan fingerprint density at radius 2 is 1.84 bits per heavy atom. The highest BCUT2D eigenvalue weighted by Crippen LogP contribution is 2.28. The Balaban J connectivity index is 2.08. The highest BCUT2D eigenvalue weighted by Gasteiger charge is 2.23. The van der Waals surface area contributed by atoms with Gasteiger partial charge in [-0.1, -0.05) is 6.92 Å². The molecule has 1 aromatic rings. The third-order valence-electron chi connectivity index (χ3n) is 3.81. The average Bonchev–Trinajstić information content (AvgIpc) is 2.36. The van der Waals surface area contributed by atoms with Gasteiger partial charge in [-0.2, -0.15) is 0 Å². The first-order chi connectivity index (χ1) is 8.97. The SMILES string of the molecule is Cc1cc(N)c(N)c(C(=O)OC2CCC(C)CC2)c1. The maximum Gasteiger partial charge on any atom is 0.340 e. The lowest BCUT2D eigenvalue weighted by Crippen LogP contribution is -2.24. The maximum absolute atomic E-state index is 12.2. The lowest BCUT2D eigenvalue weighted by molar-refractivity contribution is 0.0175. The fraction of sp³-hybridized carbons (Fsp3) is 0.533. The molecule has 0 amide bonds. The van der Waals surface area contributed by atoms with Crippen LogP contribution in [0.2, 0.25) is 0 Å². The minimum atomic E-state index is -0.354. The summed E-state index contributed by atoms with van der Waals surface area (Å²) in [6.07, 6.45) is 4.12. The molecule has 0 unspecified atom stereocenters. The van der Waals surface area contributed by atoms with Gasteiger partial charge in [-0.25, -0.2) is 4.79 Å². The van der Waals surface area contributed by atoms with E-state index in [-0.39, 0.29) is 12.1 Å². The molecule has 0 bridgehead atoms. The van der Waals surface area contributed by atoms with Crippen LogP contribution in [0, 0.1) is 12.8 Å². The summed E-state index contributed by atoms with van der Waals surface area (Å²) in [7, 11) is 0. The molecule has 4 heteroatoms. The number of rotatable bonds is 2. The number of benzene rings is 1. The minimum Gasteiger partial charge on any atom is -0.459 e. The van der Waals surface area contributed by atoms with Crippen LogP contribution >= 0.6 is 0 Å². The standard InChI is InChI=1S/C15H22N2O2/c1-9-3-5-11(6-4-9)19-15(18)12-7-10(2)8-13(16)14(12)17/h7-9,11H,3-6,16-17H2,1-2H3. The van der Waals surface area contributed by atoms with Crippen LogP contribution in [0.15, 0.2) is 12.1 Å². The Labute approximate surface area is 114 Å². The molecule has 104 valence electrons. The van der Waals surface area contributed by atoms with Gasteiger partial charge < -0.3 is 16.2 Å². The van der Waals surface area contributed by atoms with Gasteiger partial charge in [0.15, 0.2) is 0 Å². The summed E-state index contributed by atoms with van der Waals surface area (Å²) < 4.78 is 5.54. The number of esters is 1. The van der Waals surface area contributed by atoms with Gasteiger partial charge in [0.05, 0.1) is 16.9 Å². The van der Waals surface area contributed by atoms with Crippen molar-refractivity contribution in [2.24, 2.45) is 5.92 Å². The predicted octanol–water partition coefficient (Wildman–Crippen LogP) is 2.89. The van der Waals surface area contributed by atoms with E-state index in [2.05, 4.69) is 6.92 Å². The van der Waals surface area contributed by atoms with E-state index in [9.17, 15) is 4.79 Å². The normalized spacial score (nSPS) is 23.1. The van der Waals surface area contributed by atoms with Crippen LogP contribution in [0.4, 0.5) is 11.4 Å². The molecule has 1 aliphatic rings. The molecule has 1 saturated carbocycles. The highest BCUT2D eigenvalue weighted by atomic mass is 16.5. The second kappa shape index (κ2) is 5.51. The summed E-state index contributed by atoms with van der Waals surface area (Å²) >= 11 is 0. The van der Waals surface area contributed by atoms with E-state index < -0.39 is 0 Å². The molecular formula is C15H22N2O2. The third-order valence-corrected chi connectivity index (χ3v) is 3.81. The molecule has 0 saturated heterocycles. The van der Waals surface area contributed by atoms with E-state index in [1.54, 1.807) is 12.1 Å². The Bertz CT molecular complexity index is 477. The zero-order valence-corrected chi connectivity index (χ0v) is 11.6. The van der Waals surface area contributed by atoms with E-state index in [0.717, 1.165) is 37.2 Å². The van der Waals surface area contributed by atoms with Crippen molar-refractivity contribution < 1.29 is 9.53 Å². The molecule has 0 aliphatic heterocycles. The van der Waals surface area contributed by atoms with E-state index >= 15 is 0 Å². The Hall–Kier alpha value is -1.71. The van der Waals surface area contributed by atoms with Crippen LogP contribution in [-0.2, 0) is 4.74 Å². The number of carbonyl (C=O) groups is 1. The van der Waals surface area contributed by atoms with Crippen molar-refractivity contribution in [3.05, 3.63) is 23.3 Å². The van der Waals surface area contributed by atoms with Crippen LogP contribution in [0.5, 0.6) is 0 Å². The lowest BCUT2D eigenvalue weighted by atomic mass is 9.89. The van der Waals surface area contributed by atoms with E-state index in [4.69, 9.17) is 16.2 Å². The summed E-state index contributed by atoms with van der Waals surface area (Å²) in [5, 5.41) is 0. The number of nitrogens with two attached hydrogens (primary N) is 2. The summed E-state index contributed by atoms with van der Waals surface area (Å²) in [6, 6.07) is 3.49. The summed E-state index contributed by atoms with van der Waals surface area (Å²) in [5.41, 5.74) is 13.7. The number of hydrogen-bond acceptors (Lipinski definition) is 4. The molecule has 0 heterocycles. The maximum atomic E-state index is 12.2. The second-order valence-corrected chi connectivity index (χ2v) is 5.60. The Kier molecular flexibility index (Phi) is 3.98. The van der Waals surface area contributed by atoms with Crippen molar-refractivity contribution in [1.29, 1.82) is 0 Å². The quantitative estimate of drug-likeness (QED) is 0.634. The van der Waals surface area contributed by atoms with E-state index in [0.29, 0.717) is 16.9 Å². The summed E-state index contributed by atoms with van der Waals surface area (Å²) in [6.45, 7) is 4.12. The minimum absolute atomic E-state index is 0.0184. The third kappa shape index (κ3) is 3.19. The molecule has 0 radical (unpaired) electrons. The van der Waals surface area contributed by atoms with Gasteiger partial charge in [-0.15, -0.1) is 0 Å². The van der Waals surface area contributed by atoms with Crippen molar-refractivity contribution >= 4 is 17.3 Å². The van der Waals surface area contributed by atoms with E-state index in [1.807, 2.05) is 6.92 Å². The molecule has 0 aromatic heterocycles. The fourth-order valence-corrected chi connectivity index (χ4v) is 2.56. The van der Waals surface area contributed by atoms with Crippen LogP contribution in [0.1, 0.15) is 48.5 Å². The fourth-order valence-electron chi connectivity index (χ4n) is 2.56. The van der Waals surface area contributed by atoms with Gasteiger partial charge in [0.1, 0.15) is 6.10 Å². The molecule has 4 nitrogen and oxygen atoms in total. The van der Waals surface area contributed by atoms with Crippen molar-refractivity contribution in [3.8, 4) is 0 Å². The molecule has 2 rings (SSSR count). The molecule has 0 spiro atoms. The highest BCUT2D eigenvalue weighted by molar-refractivity contribution is 5.98. The monoisotopic (exact) mass is 262 g/mol. The van der Waals surface area contributed by atoms with Crippen molar-refractivity contribution in [2.45, 2.75) is 45.6 Å². The lowest BCUT2D eigenvalue weighted by Gasteiger charge is -2.26. The van der Waals surface area contributed by atoms with Crippen molar-refractivity contribution in [1.82, 2.24) is 0 Å². The zero-order valence-electron chi connectivity index (χ0n) is 11.6. The molecule has 0 atom stereocenters. The van der Waals surface area contributed by atoms with Gasteiger partial charge in [0.25, 0.3) is 0 Å². The predicted molar refractivity (Wildman–Crippen MR) is 76.8 cm³/mol. The Morgan fingerprint density at radius 3 is 2.47 bits per heavy atom. The largest absolute Gasteiger partial charge is 0.459 e. The van der Waals surface area contributed by atoms with Crippen LogP contribution in [-0.4, -0.2) is 12.1 Å². The van der Waals surface area contributed by atoms with Crippen molar-refractivity contribution in [3.63, 3.8) is 0 Å². The second-order valence-electron chi connectivity index (χ2n) is 5.60. The number of hydrogen-bond donors (Lipinski definition) is 2. The zero-order chi connectivity index (χ0) is 14.0. The first-order valence-corrected chi connectivity index (χ1v) is 6.84. The van der Waals surface area contributed by atoms with Crippen LogP contribution < -0.4 is 11.5 Å². The number of carbonyl (C=O) groups excluding carboxylic acids is 1. The molecule has 4 N–H and O–H groups in total. The number of ether oxygens (including phenoxy) is 1. The van der Waals surface area contributed by atoms with Gasteiger partial charge in [0, 0.05) is 0 Å². The smallest absolute Gasteiger partial charge is 0.340 e. The molecule has 1 fully saturated rings. The topological polar surface area (TPSA) is 78.3 Å². The summed E-state index contributed by atoms with van der Waals surface area (Å²) in [5.74, 6) is 0.377. The van der Waals surface area contributed by atoms with E-state index in [1.165, 1.54) is 0 Å². The molecule has 1 aromatic carbocycles. The Morgan fingerprint density at radius 1 is 1.21 bits per heavy atom. The first-order valence-electron chi connectivity index (χ1n) is 6.84. The molecular weight excluding hydrogens is 240 g/mol. The van der Waals surface area contributed by atoms with Crippen LogP contribution in [0.25, 0.3) is 0 Å². The number of nitrogen functional groups attached to an aromatic ring is 2. The van der Waals surface area contributed by atoms with Gasteiger partial charge in [-0.3, -0.25) is 0 Å². The number of anilines is 2. The van der Waals surface area contributed by atoms with Crippen LogP contribution in [0.3, 0.4) is 0 Å². The van der Waals surface area contributed by atoms with Gasteiger partial charge in [-0.05, 0) is 56.2 Å². The molecule has 1 aliphatic carbocycles. The van der Waals surface area contributed by atoms with Gasteiger partial charge >= 0.3 is 5.97 Å². The number of aryl methyl sites for hydroxylation is 1. The van der Waals surface area contributed by atoms with Crippen molar-refractivity contribution in [2.75, 3.05) is 11.5 Å². The molecule has 19 heavy (non-hydrogen) atoms. The summed E-state index contributed by atoms with van der Waals surface area (Å²) in [4.78, 5) is 12.2. The van der Waals surface area contributed by atoms with Gasteiger partial charge in [0.2, 0.25) is 0 Å².